The molecule has 1 aliphatic rings. The molecule has 4 rings (SSSR count). The number of hydrogen-bond donors (Lipinski definition) is 2. The molecule has 3 aromatic rings. The van der Waals surface area contributed by atoms with Gasteiger partial charge in [0.05, 0.1) is 24.4 Å². The van der Waals surface area contributed by atoms with E-state index in [1.54, 1.807) is 31.4 Å². The van der Waals surface area contributed by atoms with Gasteiger partial charge in [0.25, 0.3) is 0 Å². The van der Waals surface area contributed by atoms with Crippen molar-refractivity contribution >= 4 is 22.7 Å². The van der Waals surface area contributed by atoms with Crippen molar-refractivity contribution < 1.29 is 13.9 Å². The highest BCUT2D eigenvalue weighted by molar-refractivity contribution is 6.03. The number of benzene rings is 2. The fourth-order valence-electron chi connectivity index (χ4n) is 2.98. The molecule has 0 fully saturated rings. The quantitative estimate of drug-likeness (QED) is 0.711. The van der Waals surface area contributed by atoms with E-state index in [1.165, 1.54) is 0 Å². The van der Waals surface area contributed by atoms with Crippen LogP contribution in [0.2, 0.25) is 0 Å². The van der Waals surface area contributed by atoms with Gasteiger partial charge in [0, 0.05) is 5.39 Å². The molecule has 1 atom stereocenters. The first kappa shape index (κ1) is 14.3. The van der Waals surface area contributed by atoms with Gasteiger partial charge in [0.1, 0.15) is 11.3 Å². The number of fused-ring (bicyclic) bond motifs is 3. The predicted molar refractivity (Wildman–Crippen MR) is 89.5 cm³/mol. The molecule has 2 N–H and O–H groups in total. The standard InChI is InChI=1S/C18H14N2O4/c1-23-11-6-4-5-10(9-11)15-14-16(20-18(22)19-15)12-7-2-3-8-13(12)24-17(14)21/h2-9,15H,1H3,(H2,19,20,22). The second-order valence-electron chi connectivity index (χ2n) is 5.48. The predicted octanol–water partition coefficient (Wildman–Crippen LogP) is 3.03. The Bertz CT molecular complexity index is 1010. The number of amides is 2. The fourth-order valence-corrected chi connectivity index (χ4v) is 2.98. The zero-order valence-corrected chi connectivity index (χ0v) is 12.8. The van der Waals surface area contributed by atoms with Crippen LogP contribution in [0, 0.1) is 0 Å². The van der Waals surface area contributed by atoms with E-state index in [0.29, 0.717) is 28.0 Å². The van der Waals surface area contributed by atoms with Crippen LogP contribution in [0.4, 0.5) is 10.5 Å². The van der Waals surface area contributed by atoms with Crippen molar-refractivity contribution in [2.45, 2.75) is 6.04 Å². The highest BCUT2D eigenvalue weighted by Crippen LogP contribution is 2.35. The molecule has 1 aliphatic heterocycles. The normalized spacial score (nSPS) is 16.2. The number of hydrogen-bond acceptors (Lipinski definition) is 4. The van der Waals surface area contributed by atoms with E-state index >= 15 is 0 Å². The van der Waals surface area contributed by atoms with Gasteiger partial charge in [0.15, 0.2) is 0 Å². The van der Waals surface area contributed by atoms with Crippen molar-refractivity contribution in [2.24, 2.45) is 0 Å². The van der Waals surface area contributed by atoms with Crippen LogP contribution in [0.25, 0.3) is 11.0 Å². The number of anilines is 1. The van der Waals surface area contributed by atoms with Gasteiger partial charge >= 0.3 is 11.7 Å². The minimum absolute atomic E-state index is 0.369. The van der Waals surface area contributed by atoms with Crippen LogP contribution in [0.1, 0.15) is 17.2 Å². The van der Waals surface area contributed by atoms with Crippen molar-refractivity contribution in [3.05, 3.63) is 70.1 Å². The summed E-state index contributed by atoms with van der Waals surface area (Å²) >= 11 is 0. The number of urea groups is 1. The molecule has 6 nitrogen and oxygen atoms in total. The molecule has 0 saturated carbocycles. The summed E-state index contributed by atoms with van der Waals surface area (Å²) in [6.45, 7) is 0. The molecule has 1 aromatic heterocycles. The monoisotopic (exact) mass is 322 g/mol. The van der Waals surface area contributed by atoms with E-state index in [0.717, 1.165) is 5.56 Å². The summed E-state index contributed by atoms with van der Waals surface area (Å²) in [6, 6.07) is 13.4. The Morgan fingerprint density at radius 2 is 1.92 bits per heavy atom. The first-order valence-corrected chi connectivity index (χ1v) is 7.44. The van der Waals surface area contributed by atoms with E-state index in [9.17, 15) is 9.59 Å². The van der Waals surface area contributed by atoms with Crippen molar-refractivity contribution in [1.29, 1.82) is 0 Å². The molecule has 0 spiro atoms. The van der Waals surface area contributed by atoms with Gasteiger partial charge in [-0.3, -0.25) is 0 Å². The number of para-hydroxylation sites is 1. The summed E-state index contributed by atoms with van der Waals surface area (Å²) < 4.78 is 10.7. The third kappa shape index (κ3) is 2.20. The van der Waals surface area contributed by atoms with Gasteiger partial charge in [-0.1, -0.05) is 24.3 Å². The summed E-state index contributed by atoms with van der Waals surface area (Å²) in [6.07, 6.45) is 0. The first-order chi connectivity index (χ1) is 11.7. The van der Waals surface area contributed by atoms with E-state index in [-0.39, 0.29) is 6.03 Å². The number of nitrogens with one attached hydrogen (secondary N) is 2. The summed E-state index contributed by atoms with van der Waals surface area (Å²) in [5.41, 5.74) is 1.56. The topological polar surface area (TPSA) is 80.6 Å². The van der Waals surface area contributed by atoms with Crippen LogP contribution >= 0.6 is 0 Å². The van der Waals surface area contributed by atoms with Crippen molar-refractivity contribution in [3.63, 3.8) is 0 Å². The molecule has 0 saturated heterocycles. The number of methoxy groups -OCH3 is 1. The smallest absolute Gasteiger partial charge is 0.344 e. The minimum atomic E-state index is -0.607. The van der Waals surface area contributed by atoms with E-state index in [4.69, 9.17) is 9.15 Å². The fraction of sp³-hybridized carbons (Fsp3) is 0.111. The number of rotatable bonds is 2. The Labute approximate surface area is 137 Å². The number of ether oxygens (including phenoxy) is 1. The van der Waals surface area contributed by atoms with Gasteiger partial charge < -0.3 is 19.8 Å². The largest absolute Gasteiger partial charge is 0.497 e. The van der Waals surface area contributed by atoms with E-state index < -0.39 is 11.7 Å². The second kappa shape index (κ2) is 5.42. The Morgan fingerprint density at radius 3 is 2.75 bits per heavy atom. The first-order valence-electron chi connectivity index (χ1n) is 7.44. The minimum Gasteiger partial charge on any atom is -0.497 e. The SMILES string of the molecule is COc1cccc(C2NC(=O)Nc3c2c(=O)oc2ccccc32)c1. The average Bonchev–Trinajstić information content (AvgIpc) is 2.61. The highest BCUT2D eigenvalue weighted by atomic mass is 16.5. The van der Waals surface area contributed by atoms with Crippen LogP contribution < -0.4 is 21.0 Å². The molecule has 2 heterocycles. The van der Waals surface area contributed by atoms with Gasteiger partial charge in [-0.15, -0.1) is 0 Å². The molecule has 2 aromatic carbocycles. The van der Waals surface area contributed by atoms with Crippen molar-refractivity contribution in [3.8, 4) is 5.75 Å². The molecule has 120 valence electrons. The van der Waals surface area contributed by atoms with Crippen molar-refractivity contribution in [1.82, 2.24) is 5.32 Å². The van der Waals surface area contributed by atoms with Gasteiger partial charge in [0.2, 0.25) is 0 Å². The Kier molecular flexibility index (Phi) is 3.23. The molecule has 24 heavy (non-hydrogen) atoms. The van der Waals surface area contributed by atoms with Crippen LogP contribution in [0.15, 0.2) is 57.7 Å². The zero-order valence-electron chi connectivity index (χ0n) is 12.8. The summed E-state index contributed by atoms with van der Waals surface area (Å²) in [4.78, 5) is 24.7. The average molecular weight is 322 g/mol. The number of carbonyl (C=O) groups is 1. The molecule has 0 bridgehead atoms. The lowest BCUT2D eigenvalue weighted by Gasteiger charge is -2.27. The summed E-state index contributed by atoms with van der Waals surface area (Å²) in [7, 11) is 1.57. The zero-order chi connectivity index (χ0) is 16.7. The van der Waals surface area contributed by atoms with Crippen LogP contribution in [-0.2, 0) is 0 Å². The van der Waals surface area contributed by atoms with Gasteiger partial charge in [-0.05, 0) is 29.8 Å². The lowest BCUT2D eigenvalue weighted by atomic mass is 9.95. The third-order valence-electron chi connectivity index (χ3n) is 4.08. The molecule has 0 radical (unpaired) electrons. The van der Waals surface area contributed by atoms with E-state index in [1.807, 2.05) is 24.3 Å². The lowest BCUT2D eigenvalue weighted by molar-refractivity contribution is 0.248. The molecule has 0 aliphatic carbocycles. The Hall–Kier alpha value is -3.28. The van der Waals surface area contributed by atoms with Gasteiger partial charge in [-0.25, -0.2) is 9.59 Å². The Balaban J connectivity index is 1.98. The molecule has 2 amide bonds. The van der Waals surface area contributed by atoms with Crippen LogP contribution in [0.5, 0.6) is 5.75 Å². The second-order valence-corrected chi connectivity index (χ2v) is 5.48. The van der Waals surface area contributed by atoms with E-state index in [2.05, 4.69) is 10.6 Å². The number of carbonyl (C=O) groups excluding carboxylic acids is 1. The molecular weight excluding hydrogens is 308 g/mol. The summed E-state index contributed by atoms with van der Waals surface area (Å²) in [5, 5.41) is 6.20. The highest BCUT2D eigenvalue weighted by Gasteiger charge is 2.31. The third-order valence-corrected chi connectivity index (χ3v) is 4.08. The molecular formula is C18H14N2O4. The summed E-state index contributed by atoms with van der Waals surface area (Å²) in [5.74, 6) is 0.645. The maximum atomic E-state index is 12.5. The lowest BCUT2D eigenvalue weighted by Crippen LogP contribution is -2.41. The maximum Gasteiger partial charge on any atom is 0.344 e. The van der Waals surface area contributed by atoms with Crippen LogP contribution in [0.3, 0.4) is 0 Å². The molecule has 6 heteroatoms. The maximum absolute atomic E-state index is 12.5. The van der Waals surface area contributed by atoms with Gasteiger partial charge in [-0.2, -0.15) is 0 Å². The van der Waals surface area contributed by atoms with Crippen LogP contribution in [-0.4, -0.2) is 13.1 Å². The Morgan fingerprint density at radius 1 is 1.08 bits per heavy atom. The molecule has 1 unspecified atom stereocenters. The van der Waals surface area contributed by atoms with Crippen molar-refractivity contribution in [2.75, 3.05) is 12.4 Å².